The Kier molecular flexibility index (Phi) is 3.42. The van der Waals surface area contributed by atoms with Gasteiger partial charge in [-0.2, -0.15) is 22.0 Å². The normalized spacial score (nSPS) is 12.8. The summed E-state index contributed by atoms with van der Waals surface area (Å²) >= 11 is 0.0597. The maximum Gasteiger partial charge on any atom is 0.460 e. The van der Waals surface area contributed by atoms with Crippen molar-refractivity contribution < 1.29 is 31.9 Å². The molecular formula is C8H6F5NO2S. The lowest BCUT2D eigenvalue weighted by Crippen LogP contribution is -2.33. The molecule has 0 aliphatic heterocycles. The smallest absolute Gasteiger partial charge is 0.460 e. The molecule has 1 rings (SSSR count). The monoisotopic (exact) mass is 275 g/mol. The van der Waals surface area contributed by atoms with Crippen LogP contribution in [0.2, 0.25) is 0 Å². The average Bonchev–Trinajstić information content (AvgIpc) is 2.59. The van der Waals surface area contributed by atoms with E-state index in [4.69, 9.17) is 5.11 Å². The quantitative estimate of drug-likeness (QED) is 0.862. The Labute approximate surface area is 95.9 Å². The van der Waals surface area contributed by atoms with Gasteiger partial charge in [0.1, 0.15) is 0 Å². The van der Waals surface area contributed by atoms with Gasteiger partial charge < -0.3 is 5.11 Å². The fourth-order valence-corrected chi connectivity index (χ4v) is 2.00. The van der Waals surface area contributed by atoms with Crippen molar-refractivity contribution in [3.8, 4) is 0 Å². The van der Waals surface area contributed by atoms with Gasteiger partial charge in [0.2, 0.25) is 0 Å². The minimum Gasteiger partial charge on any atom is -0.476 e. The van der Waals surface area contributed by atoms with Crippen LogP contribution in [0.15, 0.2) is 0 Å². The van der Waals surface area contributed by atoms with Crippen LogP contribution in [0.5, 0.6) is 0 Å². The Morgan fingerprint density at radius 2 is 1.88 bits per heavy atom. The third kappa shape index (κ3) is 2.38. The molecule has 0 radical (unpaired) electrons. The van der Waals surface area contributed by atoms with Crippen LogP contribution in [0, 0.1) is 0 Å². The molecular weight excluding hydrogens is 269 g/mol. The van der Waals surface area contributed by atoms with Crippen LogP contribution in [-0.2, 0) is 12.3 Å². The van der Waals surface area contributed by atoms with Crippen molar-refractivity contribution >= 4 is 17.3 Å². The van der Waals surface area contributed by atoms with E-state index in [2.05, 4.69) is 4.98 Å². The van der Waals surface area contributed by atoms with Crippen molar-refractivity contribution in [1.82, 2.24) is 4.98 Å². The van der Waals surface area contributed by atoms with E-state index >= 15 is 0 Å². The van der Waals surface area contributed by atoms with E-state index in [9.17, 15) is 26.7 Å². The molecule has 17 heavy (non-hydrogen) atoms. The number of alkyl halides is 5. The number of carbonyl (C=O) groups is 1. The summed E-state index contributed by atoms with van der Waals surface area (Å²) < 4.78 is 61.9. The second-order valence-electron chi connectivity index (χ2n) is 3.02. The minimum absolute atomic E-state index is 0.0211. The van der Waals surface area contributed by atoms with Gasteiger partial charge in [0, 0.05) is 4.88 Å². The molecule has 1 heterocycles. The van der Waals surface area contributed by atoms with E-state index in [1.807, 2.05) is 0 Å². The summed E-state index contributed by atoms with van der Waals surface area (Å²) in [5.74, 6) is -6.75. The predicted octanol–water partition coefficient (Wildman–Crippen LogP) is 3.06. The molecule has 0 spiro atoms. The van der Waals surface area contributed by atoms with Crippen molar-refractivity contribution in [3.63, 3.8) is 0 Å². The van der Waals surface area contributed by atoms with Crippen LogP contribution in [0.1, 0.15) is 27.3 Å². The summed E-state index contributed by atoms with van der Waals surface area (Å²) in [4.78, 5) is 13.3. The maximum absolute atomic E-state index is 12.9. The van der Waals surface area contributed by atoms with Crippen LogP contribution in [0.25, 0.3) is 0 Å². The second-order valence-corrected chi connectivity index (χ2v) is 4.11. The van der Waals surface area contributed by atoms with Gasteiger partial charge in [-0.1, -0.05) is 6.92 Å². The van der Waals surface area contributed by atoms with Crippen molar-refractivity contribution in [2.24, 2.45) is 0 Å². The Balaban J connectivity index is 3.30. The highest BCUT2D eigenvalue weighted by molar-refractivity contribution is 7.12. The van der Waals surface area contributed by atoms with Gasteiger partial charge in [0.05, 0.1) is 0 Å². The van der Waals surface area contributed by atoms with Crippen LogP contribution in [0.3, 0.4) is 0 Å². The average molecular weight is 275 g/mol. The van der Waals surface area contributed by atoms with Gasteiger partial charge >= 0.3 is 18.1 Å². The number of aryl methyl sites for hydroxylation is 1. The summed E-state index contributed by atoms with van der Waals surface area (Å²) in [7, 11) is 0. The molecule has 9 heteroatoms. The molecule has 0 aliphatic carbocycles. The van der Waals surface area contributed by atoms with E-state index in [0.29, 0.717) is 0 Å². The zero-order chi connectivity index (χ0) is 13.4. The lowest BCUT2D eigenvalue weighted by Gasteiger charge is -2.16. The molecule has 3 nitrogen and oxygen atoms in total. The molecule has 0 fully saturated rings. The number of halogens is 5. The fraction of sp³-hybridized carbons (Fsp3) is 0.500. The topological polar surface area (TPSA) is 50.2 Å². The first-order valence-corrected chi connectivity index (χ1v) is 5.11. The van der Waals surface area contributed by atoms with Gasteiger partial charge in [-0.05, 0) is 6.42 Å². The van der Waals surface area contributed by atoms with Gasteiger partial charge in [-0.25, -0.2) is 9.78 Å². The summed E-state index contributed by atoms with van der Waals surface area (Å²) in [6.07, 6.45) is -5.77. The first-order chi connectivity index (χ1) is 7.61. The van der Waals surface area contributed by atoms with Crippen molar-refractivity contribution in [3.05, 3.63) is 15.6 Å². The Morgan fingerprint density at radius 1 is 1.35 bits per heavy atom. The lowest BCUT2D eigenvalue weighted by atomic mass is 10.3. The van der Waals surface area contributed by atoms with Crippen molar-refractivity contribution in [2.75, 3.05) is 0 Å². The third-order valence-electron chi connectivity index (χ3n) is 1.85. The molecule has 96 valence electrons. The number of hydrogen-bond donors (Lipinski definition) is 1. The molecule has 1 aromatic rings. The van der Waals surface area contributed by atoms with Gasteiger partial charge in [0.25, 0.3) is 0 Å². The van der Waals surface area contributed by atoms with Crippen LogP contribution >= 0.6 is 11.3 Å². The maximum atomic E-state index is 12.9. The molecule has 1 N–H and O–H groups in total. The highest BCUT2D eigenvalue weighted by atomic mass is 32.1. The molecule has 0 aliphatic rings. The van der Waals surface area contributed by atoms with E-state index in [-0.39, 0.29) is 22.6 Å². The zero-order valence-electron chi connectivity index (χ0n) is 8.31. The standard InChI is InChI=1S/C8H6F5NO2S/c1-2-3-4(5(15)16)14-6(17-3)7(9,10)8(11,12)13/h2H2,1H3,(H,15,16). The number of aromatic nitrogens is 1. The molecule has 0 bridgehead atoms. The molecule has 0 unspecified atom stereocenters. The van der Waals surface area contributed by atoms with E-state index in [1.165, 1.54) is 6.92 Å². The lowest BCUT2D eigenvalue weighted by molar-refractivity contribution is -0.289. The van der Waals surface area contributed by atoms with Gasteiger partial charge in [-0.3, -0.25) is 0 Å². The highest BCUT2D eigenvalue weighted by Crippen LogP contribution is 2.45. The van der Waals surface area contributed by atoms with Crippen LogP contribution in [-0.4, -0.2) is 22.2 Å². The van der Waals surface area contributed by atoms with E-state index in [0.717, 1.165) is 0 Å². The number of aromatic carboxylic acids is 1. The summed E-state index contributed by atoms with van der Waals surface area (Å²) in [5, 5.41) is 7.05. The minimum atomic E-state index is -5.79. The number of nitrogens with zero attached hydrogens (tertiary/aromatic N) is 1. The molecule has 1 aromatic heterocycles. The highest BCUT2D eigenvalue weighted by Gasteiger charge is 2.61. The van der Waals surface area contributed by atoms with Gasteiger partial charge in [0.15, 0.2) is 10.7 Å². The fourth-order valence-electron chi connectivity index (χ4n) is 1.01. The molecule has 0 aromatic carbocycles. The van der Waals surface area contributed by atoms with Gasteiger partial charge in [-0.15, -0.1) is 11.3 Å². The number of carboxylic acid groups (broad SMARTS) is 1. The second kappa shape index (κ2) is 4.21. The summed E-state index contributed by atoms with van der Waals surface area (Å²) in [6.45, 7) is 1.44. The molecule has 0 amide bonds. The Hall–Kier alpha value is -1.25. The number of hydrogen-bond acceptors (Lipinski definition) is 3. The Morgan fingerprint density at radius 3 is 2.18 bits per heavy atom. The third-order valence-corrected chi connectivity index (χ3v) is 3.12. The van der Waals surface area contributed by atoms with Crippen molar-refractivity contribution in [2.45, 2.75) is 25.4 Å². The first-order valence-electron chi connectivity index (χ1n) is 4.29. The number of carboxylic acids is 1. The summed E-state index contributed by atoms with van der Waals surface area (Å²) in [6, 6.07) is 0. The number of rotatable bonds is 3. The predicted molar refractivity (Wildman–Crippen MR) is 48.4 cm³/mol. The Bertz CT molecular complexity index is 440. The zero-order valence-corrected chi connectivity index (χ0v) is 9.12. The van der Waals surface area contributed by atoms with Crippen LogP contribution < -0.4 is 0 Å². The summed E-state index contributed by atoms with van der Waals surface area (Å²) in [5.41, 5.74) is -0.753. The molecule has 0 saturated carbocycles. The van der Waals surface area contributed by atoms with E-state index < -0.39 is 28.8 Å². The van der Waals surface area contributed by atoms with Crippen molar-refractivity contribution in [1.29, 1.82) is 0 Å². The first kappa shape index (κ1) is 13.8. The SMILES string of the molecule is CCc1sc(C(F)(F)C(F)(F)F)nc1C(=O)O. The largest absolute Gasteiger partial charge is 0.476 e. The number of thiazole rings is 1. The van der Waals surface area contributed by atoms with Crippen LogP contribution in [0.4, 0.5) is 22.0 Å². The van der Waals surface area contributed by atoms with E-state index in [1.54, 1.807) is 0 Å². The molecule has 0 atom stereocenters. The molecule has 0 saturated heterocycles.